The molecule has 1 unspecified atom stereocenters. The van der Waals surface area contributed by atoms with Crippen LogP contribution in [0.3, 0.4) is 0 Å². The molecular formula is C14H32O4. The Kier molecular flexibility index (Phi) is 14.9. The summed E-state index contributed by atoms with van der Waals surface area (Å²) >= 11 is 0. The normalized spacial score (nSPS) is 12.8. The first kappa shape index (κ1) is 20.2. The zero-order valence-corrected chi connectivity index (χ0v) is 12.7. The van der Waals surface area contributed by atoms with Gasteiger partial charge in [0.2, 0.25) is 0 Å². The van der Waals surface area contributed by atoms with Gasteiger partial charge in [0.15, 0.2) is 12.1 Å². The average Bonchev–Trinajstić information content (AvgIpc) is 2.29. The fourth-order valence-electron chi connectivity index (χ4n) is 0.948. The second-order valence-electron chi connectivity index (χ2n) is 4.74. The summed E-state index contributed by atoms with van der Waals surface area (Å²) in [5.74, 6) is -0.949. The molecule has 0 fully saturated rings. The Morgan fingerprint density at radius 3 is 1.89 bits per heavy atom. The van der Waals surface area contributed by atoms with Crippen LogP contribution < -0.4 is 0 Å². The fourth-order valence-corrected chi connectivity index (χ4v) is 0.948. The van der Waals surface area contributed by atoms with Gasteiger partial charge in [0.05, 0.1) is 0 Å². The van der Waals surface area contributed by atoms with Crippen molar-refractivity contribution in [3.05, 3.63) is 0 Å². The van der Waals surface area contributed by atoms with E-state index in [2.05, 4.69) is 13.8 Å². The lowest BCUT2D eigenvalue weighted by molar-refractivity contribution is -0.176. The quantitative estimate of drug-likeness (QED) is 0.496. The highest BCUT2D eigenvalue weighted by Gasteiger charge is 2.10. The molecule has 0 aliphatic rings. The average molecular weight is 264 g/mol. The van der Waals surface area contributed by atoms with Crippen LogP contribution >= 0.6 is 0 Å². The maximum absolute atomic E-state index is 9.02. The van der Waals surface area contributed by atoms with Crippen LogP contribution in [0.1, 0.15) is 66.7 Å². The Morgan fingerprint density at radius 1 is 1.00 bits per heavy atom. The molecule has 4 heteroatoms. The number of hydrogen-bond donors (Lipinski definition) is 2. The zero-order valence-electron chi connectivity index (χ0n) is 12.7. The molecule has 0 aliphatic heterocycles. The second kappa shape index (κ2) is 13.3. The van der Waals surface area contributed by atoms with Crippen LogP contribution in [0.15, 0.2) is 0 Å². The predicted octanol–water partition coefficient (Wildman–Crippen LogP) is 3.06. The largest absolute Gasteiger partial charge is 0.368 e. The molecule has 0 spiro atoms. The highest BCUT2D eigenvalue weighted by atomic mass is 16.6. The molecule has 0 aromatic rings. The molecule has 0 aromatic heterocycles. The van der Waals surface area contributed by atoms with E-state index in [1.165, 1.54) is 0 Å². The highest BCUT2D eigenvalue weighted by molar-refractivity contribution is 4.47. The van der Waals surface area contributed by atoms with E-state index >= 15 is 0 Å². The third kappa shape index (κ3) is 21.2. The molecule has 0 saturated carbocycles. The van der Waals surface area contributed by atoms with E-state index in [1.54, 1.807) is 13.8 Å². The van der Waals surface area contributed by atoms with Gasteiger partial charge in [0, 0.05) is 13.2 Å². The van der Waals surface area contributed by atoms with Crippen molar-refractivity contribution >= 4 is 0 Å². The van der Waals surface area contributed by atoms with E-state index < -0.39 is 12.1 Å². The summed E-state index contributed by atoms with van der Waals surface area (Å²) in [5, 5.41) is 17.9. The maximum atomic E-state index is 9.02. The Bertz CT molecular complexity index is 154. The van der Waals surface area contributed by atoms with Gasteiger partial charge in [-0.1, -0.05) is 33.6 Å². The molecule has 0 amide bonds. The standard InChI is InChI=1S/2C7H16O2/c1-4-5-6-9-7(2,3)8;1-3-5-6-9-7(8)4-2/h8H,4-6H2,1-3H3;7-8H,3-6H2,1-2H3. The molecule has 0 aromatic carbocycles. The summed E-state index contributed by atoms with van der Waals surface area (Å²) in [7, 11) is 0. The molecule has 0 aliphatic carbocycles. The van der Waals surface area contributed by atoms with Crippen molar-refractivity contribution in [2.75, 3.05) is 13.2 Å². The van der Waals surface area contributed by atoms with Crippen molar-refractivity contribution in [2.24, 2.45) is 0 Å². The Hall–Kier alpha value is -0.160. The van der Waals surface area contributed by atoms with Crippen molar-refractivity contribution in [1.82, 2.24) is 0 Å². The van der Waals surface area contributed by atoms with E-state index in [-0.39, 0.29) is 0 Å². The molecule has 4 nitrogen and oxygen atoms in total. The van der Waals surface area contributed by atoms with Gasteiger partial charge in [-0.3, -0.25) is 0 Å². The summed E-state index contributed by atoms with van der Waals surface area (Å²) in [5.41, 5.74) is 0. The van der Waals surface area contributed by atoms with Crippen molar-refractivity contribution < 1.29 is 19.7 Å². The number of hydrogen-bond acceptors (Lipinski definition) is 4. The number of rotatable bonds is 9. The molecule has 18 heavy (non-hydrogen) atoms. The Morgan fingerprint density at radius 2 is 1.50 bits per heavy atom. The molecule has 0 radical (unpaired) electrons. The second-order valence-corrected chi connectivity index (χ2v) is 4.74. The van der Waals surface area contributed by atoms with Crippen molar-refractivity contribution in [3.8, 4) is 0 Å². The first-order valence-electron chi connectivity index (χ1n) is 7.03. The Balaban J connectivity index is 0. The molecular weight excluding hydrogens is 232 g/mol. The lowest BCUT2D eigenvalue weighted by Crippen LogP contribution is -2.23. The van der Waals surface area contributed by atoms with E-state index in [0.717, 1.165) is 25.7 Å². The molecule has 0 bridgehead atoms. The van der Waals surface area contributed by atoms with Gasteiger partial charge < -0.3 is 19.7 Å². The zero-order chi connectivity index (χ0) is 14.4. The first-order valence-corrected chi connectivity index (χ1v) is 7.03. The minimum absolute atomic E-state index is 0.545. The number of unbranched alkanes of at least 4 members (excludes halogenated alkanes) is 2. The Labute approximate surface area is 112 Å². The maximum Gasteiger partial charge on any atom is 0.159 e. The minimum atomic E-state index is -0.949. The topological polar surface area (TPSA) is 58.9 Å². The highest BCUT2D eigenvalue weighted by Crippen LogP contribution is 2.03. The van der Waals surface area contributed by atoms with Gasteiger partial charge in [-0.15, -0.1) is 0 Å². The van der Waals surface area contributed by atoms with Crippen molar-refractivity contribution in [3.63, 3.8) is 0 Å². The van der Waals surface area contributed by atoms with E-state index in [4.69, 9.17) is 19.7 Å². The van der Waals surface area contributed by atoms with Crippen LogP contribution in [-0.2, 0) is 9.47 Å². The van der Waals surface area contributed by atoms with Crippen LogP contribution in [0.4, 0.5) is 0 Å². The number of ether oxygens (including phenoxy) is 2. The monoisotopic (exact) mass is 264 g/mol. The van der Waals surface area contributed by atoms with E-state index in [0.29, 0.717) is 19.6 Å². The molecule has 0 saturated heterocycles. The molecule has 1 atom stereocenters. The van der Waals surface area contributed by atoms with E-state index in [1.807, 2.05) is 6.92 Å². The SMILES string of the molecule is CCCCOC(C)(C)O.CCCCOC(O)CC. The van der Waals surface area contributed by atoms with E-state index in [9.17, 15) is 0 Å². The lowest BCUT2D eigenvalue weighted by atomic mass is 10.3. The summed E-state index contributed by atoms with van der Waals surface area (Å²) in [6.07, 6.45) is 4.42. The van der Waals surface area contributed by atoms with Crippen molar-refractivity contribution in [1.29, 1.82) is 0 Å². The van der Waals surface area contributed by atoms with Crippen LogP contribution in [0.2, 0.25) is 0 Å². The molecule has 0 heterocycles. The van der Waals surface area contributed by atoms with Gasteiger partial charge >= 0.3 is 0 Å². The first-order chi connectivity index (χ1) is 8.37. The summed E-state index contributed by atoms with van der Waals surface area (Å²) in [6.45, 7) is 10.7. The van der Waals surface area contributed by atoms with Crippen LogP contribution in [0.5, 0.6) is 0 Å². The smallest absolute Gasteiger partial charge is 0.159 e. The van der Waals surface area contributed by atoms with Gasteiger partial charge in [-0.25, -0.2) is 0 Å². The third-order valence-corrected chi connectivity index (χ3v) is 2.11. The molecule has 112 valence electrons. The van der Waals surface area contributed by atoms with Crippen LogP contribution in [0.25, 0.3) is 0 Å². The van der Waals surface area contributed by atoms with Crippen LogP contribution in [-0.4, -0.2) is 35.5 Å². The van der Waals surface area contributed by atoms with Gasteiger partial charge in [0.25, 0.3) is 0 Å². The minimum Gasteiger partial charge on any atom is -0.368 e. The number of aliphatic hydroxyl groups excluding tert-OH is 1. The summed E-state index contributed by atoms with van der Waals surface area (Å²) < 4.78 is 10.0. The van der Waals surface area contributed by atoms with Gasteiger partial charge in [-0.05, 0) is 33.1 Å². The van der Waals surface area contributed by atoms with Gasteiger partial charge in [0.1, 0.15) is 0 Å². The fraction of sp³-hybridized carbons (Fsp3) is 1.00. The van der Waals surface area contributed by atoms with Crippen LogP contribution in [0, 0.1) is 0 Å². The number of aliphatic hydroxyl groups is 2. The summed E-state index contributed by atoms with van der Waals surface area (Å²) in [6, 6.07) is 0. The molecule has 0 rings (SSSR count). The predicted molar refractivity (Wildman–Crippen MR) is 74.3 cm³/mol. The van der Waals surface area contributed by atoms with Gasteiger partial charge in [-0.2, -0.15) is 0 Å². The summed E-state index contributed by atoms with van der Waals surface area (Å²) in [4.78, 5) is 0. The van der Waals surface area contributed by atoms with Crippen molar-refractivity contribution in [2.45, 2.75) is 78.8 Å². The lowest BCUT2D eigenvalue weighted by Gasteiger charge is -2.17. The molecule has 2 N–H and O–H groups in total. The third-order valence-electron chi connectivity index (χ3n) is 2.11.